The molecule has 0 radical (unpaired) electrons. The van der Waals surface area contributed by atoms with E-state index in [0.717, 1.165) is 23.9 Å². The summed E-state index contributed by atoms with van der Waals surface area (Å²) < 4.78 is 5.76. The maximum Gasteiger partial charge on any atom is 0.181 e. The highest BCUT2D eigenvalue weighted by Gasteiger charge is 2.01. The SMILES string of the molecule is CCCNCc1ccc(Oc2ccccc2)s1. The first-order valence-corrected chi connectivity index (χ1v) is 6.72. The van der Waals surface area contributed by atoms with Crippen molar-refractivity contribution in [3.63, 3.8) is 0 Å². The Morgan fingerprint density at radius 1 is 1.12 bits per heavy atom. The summed E-state index contributed by atoms with van der Waals surface area (Å²) in [5, 5.41) is 4.33. The van der Waals surface area contributed by atoms with Crippen LogP contribution in [0.25, 0.3) is 0 Å². The Balaban J connectivity index is 1.90. The molecular formula is C14H17NOS. The van der Waals surface area contributed by atoms with Gasteiger partial charge in [0.2, 0.25) is 0 Å². The average Bonchev–Trinajstić information content (AvgIpc) is 2.79. The van der Waals surface area contributed by atoms with Crippen LogP contribution in [0.4, 0.5) is 0 Å². The molecular weight excluding hydrogens is 230 g/mol. The summed E-state index contributed by atoms with van der Waals surface area (Å²) in [6, 6.07) is 14.0. The summed E-state index contributed by atoms with van der Waals surface area (Å²) in [5.74, 6) is 0.891. The number of para-hydroxylation sites is 1. The van der Waals surface area contributed by atoms with Gasteiger partial charge < -0.3 is 10.1 Å². The highest BCUT2D eigenvalue weighted by molar-refractivity contribution is 7.13. The fourth-order valence-electron chi connectivity index (χ4n) is 1.50. The number of benzene rings is 1. The van der Waals surface area contributed by atoms with Gasteiger partial charge in [-0.05, 0) is 37.2 Å². The van der Waals surface area contributed by atoms with E-state index in [1.807, 2.05) is 36.4 Å². The number of ether oxygens (including phenoxy) is 1. The van der Waals surface area contributed by atoms with Gasteiger partial charge in [0, 0.05) is 11.4 Å². The summed E-state index contributed by atoms with van der Waals surface area (Å²) in [4.78, 5) is 1.31. The van der Waals surface area contributed by atoms with E-state index in [2.05, 4.69) is 18.3 Å². The van der Waals surface area contributed by atoms with Crippen LogP contribution in [-0.4, -0.2) is 6.54 Å². The van der Waals surface area contributed by atoms with Crippen LogP contribution in [0.5, 0.6) is 10.8 Å². The molecule has 0 aliphatic heterocycles. The fraction of sp³-hybridized carbons (Fsp3) is 0.286. The highest BCUT2D eigenvalue weighted by Crippen LogP contribution is 2.29. The minimum Gasteiger partial charge on any atom is -0.447 e. The van der Waals surface area contributed by atoms with Gasteiger partial charge in [0.25, 0.3) is 0 Å². The Morgan fingerprint density at radius 2 is 1.94 bits per heavy atom. The molecule has 1 aromatic heterocycles. The van der Waals surface area contributed by atoms with E-state index < -0.39 is 0 Å². The van der Waals surface area contributed by atoms with Crippen LogP contribution >= 0.6 is 11.3 Å². The average molecular weight is 247 g/mol. The third kappa shape index (κ3) is 3.88. The van der Waals surface area contributed by atoms with Crippen molar-refractivity contribution in [2.75, 3.05) is 6.54 Å². The van der Waals surface area contributed by atoms with Crippen molar-refractivity contribution >= 4 is 11.3 Å². The van der Waals surface area contributed by atoms with Gasteiger partial charge in [0.05, 0.1) is 0 Å². The summed E-state index contributed by atoms with van der Waals surface area (Å²) >= 11 is 1.69. The van der Waals surface area contributed by atoms with Crippen molar-refractivity contribution in [1.29, 1.82) is 0 Å². The minimum atomic E-state index is 0.891. The third-order valence-electron chi connectivity index (χ3n) is 2.32. The smallest absolute Gasteiger partial charge is 0.181 e. The zero-order valence-electron chi connectivity index (χ0n) is 9.98. The van der Waals surface area contributed by atoms with Gasteiger partial charge >= 0.3 is 0 Å². The fourth-order valence-corrected chi connectivity index (χ4v) is 2.34. The molecule has 1 aromatic carbocycles. The molecule has 0 amide bonds. The Hall–Kier alpha value is -1.32. The molecule has 0 atom stereocenters. The van der Waals surface area contributed by atoms with Gasteiger partial charge in [0.15, 0.2) is 5.06 Å². The quantitative estimate of drug-likeness (QED) is 0.778. The Kier molecular flexibility index (Phi) is 4.59. The first-order chi connectivity index (χ1) is 8.38. The monoisotopic (exact) mass is 247 g/mol. The third-order valence-corrected chi connectivity index (χ3v) is 3.29. The van der Waals surface area contributed by atoms with Crippen molar-refractivity contribution in [3.8, 4) is 10.8 Å². The largest absolute Gasteiger partial charge is 0.447 e. The van der Waals surface area contributed by atoms with E-state index in [9.17, 15) is 0 Å². The summed E-state index contributed by atoms with van der Waals surface area (Å²) in [5.41, 5.74) is 0. The normalized spacial score (nSPS) is 10.4. The number of rotatable bonds is 6. The molecule has 90 valence electrons. The van der Waals surface area contributed by atoms with Gasteiger partial charge in [-0.3, -0.25) is 0 Å². The summed E-state index contributed by atoms with van der Waals surface area (Å²) in [7, 11) is 0. The van der Waals surface area contributed by atoms with E-state index in [4.69, 9.17) is 4.74 Å². The Labute approximate surface area is 106 Å². The predicted octanol–water partition coefficient (Wildman–Crippen LogP) is 4.04. The molecule has 0 saturated heterocycles. The minimum absolute atomic E-state index is 0.891. The molecule has 17 heavy (non-hydrogen) atoms. The van der Waals surface area contributed by atoms with Crippen LogP contribution in [0.3, 0.4) is 0 Å². The van der Waals surface area contributed by atoms with Gasteiger partial charge in [-0.25, -0.2) is 0 Å². The van der Waals surface area contributed by atoms with Crippen LogP contribution in [0, 0.1) is 0 Å². The molecule has 2 aromatic rings. The molecule has 0 aliphatic carbocycles. The van der Waals surface area contributed by atoms with Crippen molar-refractivity contribution in [1.82, 2.24) is 5.32 Å². The van der Waals surface area contributed by atoms with Crippen molar-refractivity contribution in [2.45, 2.75) is 19.9 Å². The second-order valence-corrected chi connectivity index (χ2v) is 4.94. The zero-order chi connectivity index (χ0) is 11.9. The highest BCUT2D eigenvalue weighted by atomic mass is 32.1. The maximum absolute atomic E-state index is 5.76. The lowest BCUT2D eigenvalue weighted by molar-refractivity contribution is 0.496. The molecule has 0 fully saturated rings. The van der Waals surface area contributed by atoms with Crippen LogP contribution in [-0.2, 0) is 6.54 Å². The van der Waals surface area contributed by atoms with Gasteiger partial charge in [-0.2, -0.15) is 0 Å². The summed E-state index contributed by atoms with van der Waals surface area (Å²) in [6.45, 7) is 4.16. The molecule has 2 nitrogen and oxygen atoms in total. The predicted molar refractivity (Wildman–Crippen MR) is 72.8 cm³/mol. The summed E-state index contributed by atoms with van der Waals surface area (Å²) in [6.07, 6.45) is 1.17. The number of thiophene rings is 1. The lowest BCUT2D eigenvalue weighted by atomic mass is 10.3. The molecule has 0 spiro atoms. The van der Waals surface area contributed by atoms with Crippen LogP contribution < -0.4 is 10.1 Å². The van der Waals surface area contributed by atoms with Gasteiger partial charge in [-0.1, -0.05) is 25.1 Å². The molecule has 1 N–H and O–H groups in total. The number of hydrogen-bond acceptors (Lipinski definition) is 3. The number of nitrogens with one attached hydrogen (secondary N) is 1. The van der Waals surface area contributed by atoms with Crippen molar-refractivity contribution in [2.24, 2.45) is 0 Å². The standard InChI is InChI=1S/C14H17NOS/c1-2-10-15-11-13-8-9-14(17-13)16-12-6-4-3-5-7-12/h3-9,15H,2,10-11H2,1H3. The van der Waals surface area contributed by atoms with E-state index in [-0.39, 0.29) is 0 Å². The first-order valence-electron chi connectivity index (χ1n) is 5.91. The molecule has 0 saturated carbocycles. The van der Waals surface area contributed by atoms with Gasteiger partial charge in [-0.15, -0.1) is 11.3 Å². The second-order valence-electron chi connectivity index (χ2n) is 3.81. The van der Waals surface area contributed by atoms with E-state index in [1.165, 1.54) is 11.3 Å². The van der Waals surface area contributed by atoms with E-state index in [0.29, 0.717) is 0 Å². The van der Waals surface area contributed by atoms with Crippen LogP contribution in [0.1, 0.15) is 18.2 Å². The first kappa shape index (κ1) is 12.1. The van der Waals surface area contributed by atoms with Crippen LogP contribution in [0.2, 0.25) is 0 Å². The second kappa shape index (κ2) is 6.42. The number of hydrogen-bond donors (Lipinski definition) is 1. The lowest BCUT2D eigenvalue weighted by Gasteiger charge is -2.01. The molecule has 0 aliphatic rings. The van der Waals surface area contributed by atoms with Crippen molar-refractivity contribution in [3.05, 3.63) is 47.3 Å². The van der Waals surface area contributed by atoms with Gasteiger partial charge in [0.1, 0.15) is 5.75 Å². The van der Waals surface area contributed by atoms with Crippen LogP contribution in [0.15, 0.2) is 42.5 Å². The van der Waals surface area contributed by atoms with E-state index >= 15 is 0 Å². The Morgan fingerprint density at radius 3 is 2.71 bits per heavy atom. The molecule has 0 bridgehead atoms. The molecule has 2 rings (SSSR count). The maximum atomic E-state index is 5.76. The Bertz CT molecular complexity index is 438. The topological polar surface area (TPSA) is 21.3 Å². The molecule has 0 unspecified atom stereocenters. The van der Waals surface area contributed by atoms with Crippen molar-refractivity contribution < 1.29 is 4.74 Å². The zero-order valence-corrected chi connectivity index (χ0v) is 10.8. The lowest BCUT2D eigenvalue weighted by Crippen LogP contribution is -2.12. The molecule has 3 heteroatoms. The van der Waals surface area contributed by atoms with E-state index in [1.54, 1.807) is 11.3 Å². The molecule has 1 heterocycles.